The van der Waals surface area contributed by atoms with Crippen molar-refractivity contribution < 1.29 is 0 Å². The summed E-state index contributed by atoms with van der Waals surface area (Å²) in [6.45, 7) is 2.06. The zero-order chi connectivity index (χ0) is 22.9. The Morgan fingerprint density at radius 1 is 0.939 bits per heavy atom. The summed E-state index contributed by atoms with van der Waals surface area (Å²) in [5.41, 5.74) is 14.5. The molecule has 0 fully saturated rings. The first kappa shape index (κ1) is 20.5. The fraction of sp³-hybridized carbons (Fsp3) is 0.115. The minimum atomic E-state index is 0.837. The molecule has 0 atom stereocenters. The third-order valence-corrected chi connectivity index (χ3v) is 5.86. The molecule has 1 aromatic carbocycles. The largest absolute Gasteiger partial charge is 0.404 e. The molecule has 0 radical (unpaired) electrons. The van der Waals surface area contributed by atoms with Crippen LogP contribution in [0.2, 0.25) is 0 Å². The Labute approximate surface area is 191 Å². The molecule has 33 heavy (non-hydrogen) atoms. The highest BCUT2D eigenvalue weighted by molar-refractivity contribution is 6.00. The fourth-order valence-corrected chi connectivity index (χ4v) is 3.87. The number of aromatic nitrogens is 5. The van der Waals surface area contributed by atoms with E-state index < -0.39 is 0 Å². The molecule has 0 amide bonds. The van der Waals surface area contributed by atoms with Gasteiger partial charge in [0.15, 0.2) is 0 Å². The molecule has 7 heteroatoms. The van der Waals surface area contributed by atoms with E-state index in [1.165, 1.54) is 0 Å². The Bertz CT molecular complexity index is 1500. The van der Waals surface area contributed by atoms with Crippen molar-refractivity contribution in [1.29, 1.82) is 0 Å². The number of rotatable bonds is 5. The first-order valence-corrected chi connectivity index (χ1v) is 10.7. The van der Waals surface area contributed by atoms with E-state index in [1.807, 2.05) is 44.4 Å². The lowest BCUT2D eigenvalue weighted by atomic mass is 10.0. The molecule has 4 heterocycles. The molecular formula is C26H25N7. The molecule has 0 saturated heterocycles. The van der Waals surface area contributed by atoms with Crippen LogP contribution in [0.4, 0.5) is 0 Å². The summed E-state index contributed by atoms with van der Waals surface area (Å²) in [7, 11) is 4.03. The second-order valence-electron chi connectivity index (χ2n) is 8.15. The topological polar surface area (TPSA) is 99.5 Å². The molecule has 0 unspecified atom stereocenters. The number of allylic oxidation sites excluding steroid dienone is 3. The van der Waals surface area contributed by atoms with Crippen molar-refractivity contribution in [3.05, 3.63) is 84.5 Å². The van der Waals surface area contributed by atoms with Crippen LogP contribution in [0.15, 0.2) is 78.9 Å². The average molecular weight is 436 g/mol. The van der Waals surface area contributed by atoms with E-state index in [4.69, 9.17) is 5.73 Å². The predicted octanol–water partition coefficient (Wildman–Crippen LogP) is 4.93. The molecule has 4 aromatic heterocycles. The molecule has 0 bridgehead atoms. The van der Waals surface area contributed by atoms with Crippen LogP contribution in [-0.4, -0.2) is 44.1 Å². The highest BCUT2D eigenvalue weighted by Gasteiger charge is 2.15. The molecule has 164 valence electrons. The monoisotopic (exact) mass is 435 g/mol. The lowest BCUT2D eigenvalue weighted by Gasteiger charge is -2.13. The van der Waals surface area contributed by atoms with Gasteiger partial charge in [-0.3, -0.25) is 15.1 Å². The third kappa shape index (κ3) is 3.74. The van der Waals surface area contributed by atoms with E-state index >= 15 is 0 Å². The molecule has 4 N–H and O–H groups in total. The molecule has 5 aromatic rings. The Balaban J connectivity index is 1.62. The van der Waals surface area contributed by atoms with Crippen molar-refractivity contribution in [2.45, 2.75) is 6.92 Å². The van der Waals surface area contributed by atoms with E-state index in [0.717, 1.165) is 61.4 Å². The van der Waals surface area contributed by atoms with Crippen LogP contribution in [0.1, 0.15) is 12.5 Å². The maximum atomic E-state index is 5.98. The van der Waals surface area contributed by atoms with E-state index in [1.54, 1.807) is 18.6 Å². The maximum Gasteiger partial charge on any atom is 0.116 e. The summed E-state index contributed by atoms with van der Waals surface area (Å²) < 4.78 is 0. The normalized spacial score (nSPS) is 12.6. The number of pyridine rings is 2. The van der Waals surface area contributed by atoms with Gasteiger partial charge in [0, 0.05) is 54.7 Å². The van der Waals surface area contributed by atoms with Gasteiger partial charge < -0.3 is 15.6 Å². The van der Waals surface area contributed by atoms with Gasteiger partial charge in [-0.15, -0.1) is 0 Å². The highest BCUT2D eigenvalue weighted by atomic mass is 15.1. The van der Waals surface area contributed by atoms with E-state index in [2.05, 4.69) is 61.2 Å². The number of fused-ring (bicyclic) bond motifs is 2. The zero-order valence-electron chi connectivity index (χ0n) is 18.8. The van der Waals surface area contributed by atoms with Crippen LogP contribution in [0.3, 0.4) is 0 Å². The molecule has 0 aliphatic carbocycles. The van der Waals surface area contributed by atoms with Crippen LogP contribution in [0.25, 0.3) is 50.2 Å². The number of nitrogens with zero attached hydrogens (tertiary/aromatic N) is 4. The second-order valence-corrected chi connectivity index (χ2v) is 8.15. The zero-order valence-corrected chi connectivity index (χ0v) is 18.8. The van der Waals surface area contributed by atoms with Crippen molar-refractivity contribution in [2.24, 2.45) is 5.73 Å². The van der Waals surface area contributed by atoms with Gasteiger partial charge in [0.2, 0.25) is 0 Å². The van der Waals surface area contributed by atoms with Crippen molar-refractivity contribution >= 4 is 27.4 Å². The molecule has 0 aliphatic rings. The standard InChI is InChI=1S/C26H25N7/c1-16(33(2)3)12-18(15-27)17-7-8-22-19(13-17)26(32-31-22)24-14-20-21(30-24)9-11-29-25(20)23-6-4-5-10-28-23/h4-15,30H,27H2,1-3H3,(H,31,32)/b16-12+,18-15+. The van der Waals surface area contributed by atoms with Crippen LogP contribution < -0.4 is 5.73 Å². The Hall–Kier alpha value is -4.39. The van der Waals surface area contributed by atoms with Crippen LogP contribution in [-0.2, 0) is 0 Å². The lowest BCUT2D eigenvalue weighted by molar-refractivity contribution is 0.514. The summed E-state index contributed by atoms with van der Waals surface area (Å²) in [6.07, 6.45) is 7.29. The molecule has 7 nitrogen and oxygen atoms in total. The van der Waals surface area contributed by atoms with Gasteiger partial charge in [0.05, 0.1) is 22.6 Å². The smallest absolute Gasteiger partial charge is 0.116 e. The minimum absolute atomic E-state index is 0.837. The number of hydrogen-bond donors (Lipinski definition) is 3. The Morgan fingerprint density at radius 3 is 2.55 bits per heavy atom. The van der Waals surface area contributed by atoms with Gasteiger partial charge in [-0.05, 0) is 60.5 Å². The molecule has 0 spiro atoms. The van der Waals surface area contributed by atoms with Gasteiger partial charge in [0.25, 0.3) is 0 Å². The number of nitrogens with two attached hydrogens (primary N) is 1. The molecule has 0 aliphatic heterocycles. The van der Waals surface area contributed by atoms with Gasteiger partial charge >= 0.3 is 0 Å². The van der Waals surface area contributed by atoms with Crippen molar-refractivity contribution in [2.75, 3.05) is 14.1 Å². The maximum absolute atomic E-state index is 5.98. The SMILES string of the molecule is C/C(=C\C(=C/N)c1ccc2[nH]nc(-c3cc4c(-c5ccccn5)nccc4[nH]3)c2c1)N(C)C. The lowest BCUT2D eigenvalue weighted by Crippen LogP contribution is -2.08. The van der Waals surface area contributed by atoms with Gasteiger partial charge in [-0.1, -0.05) is 12.1 Å². The summed E-state index contributed by atoms with van der Waals surface area (Å²) in [4.78, 5) is 14.6. The van der Waals surface area contributed by atoms with Gasteiger partial charge in [-0.2, -0.15) is 5.10 Å². The summed E-state index contributed by atoms with van der Waals surface area (Å²) in [5.74, 6) is 0. The van der Waals surface area contributed by atoms with Crippen LogP contribution >= 0.6 is 0 Å². The fourth-order valence-electron chi connectivity index (χ4n) is 3.87. The summed E-state index contributed by atoms with van der Waals surface area (Å²) in [5, 5.41) is 9.78. The number of benzene rings is 1. The van der Waals surface area contributed by atoms with E-state index in [-0.39, 0.29) is 0 Å². The molecule has 0 saturated carbocycles. The highest BCUT2D eigenvalue weighted by Crippen LogP contribution is 2.33. The number of hydrogen-bond acceptors (Lipinski definition) is 5. The second kappa shape index (κ2) is 8.27. The Morgan fingerprint density at radius 2 is 1.79 bits per heavy atom. The van der Waals surface area contributed by atoms with Gasteiger partial charge in [0.1, 0.15) is 5.69 Å². The third-order valence-electron chi connectivity index (χ3n) is 5.86. The minimum Gasteiger partial charge on any atom is -0.404 e. The van der Waals surface area contributed by atoms with Crippen molar-refractivity contribution in [3.8, 4) is 22.8 Å². The molecule has 5 rings (SSSR count). The van der Waals surface area contributed by atoms with Gasteiger partial charge in [-0.25, -0.2) is 0 Å². The number of nitrogens with one attached hydrogen (secondary N) is 2. The quantitative estimate of drug-likeness (QED) is 0.340. The summed E-state index contributed by atoms with van der Waals surface area (Å²) >= 11 is 0. The van der Waals surface area contributed by atoms with Crippen LogP contribution in [0.5, 0.6) is 0 Å². The van der Waals surface area contributed by atoms with Crippen LogP contribution in [0, 0.1) is 0 Å². The van der Waals surface area contributed by atoms with E-state index in [9.17, 15) is 0 Å². The molecular weight excluding hydrogens is 410 g/mol. The predicted molar refractivity (Wildman–Crippen MR) is 134 cm³/mol. The van der Waals surface area contributed by atoms with Crippen molar-refractivity contribution in [1.82, 2.24) is 30.0 Å². The summed E-state index contributed by atoms with van der Waals surface area (Å²) in [6, 6.07) is 16.1. The Kier molecular flexibility index (Phi) is 5.14. The first-order valence-electron chi connectivity index (χ1n) is 10.7. The van der Waals surface area contributed by atoms with E-state index in [0.29, 0.717) is 0 Å². The number of H-pyrrole nitrogens is 2. The number of aromatic amines is 2. The average Bonchev–Trinajstić information content (AvgIpc) is 3.46. The first-order chi connectivity index (χ1) is 16.0. The van der Waals surface area contributed by atoms with Crippen molar-refractivity contribution in [3.63, 3.8) is 0 Å².